The number of hydrogen-bond acceptors (Lipinski definition) is 1. The van der Waals surface area contributed by atoms with Gasteiger partial charge in [-0.2, -0.15) is 0 Å². The summed E-state index contributed by atoms with van der Waals surface area (Å²) < 4.78 is 6.59. The van der Waals surface area contributed by atoms with E-state index in [4.69, 9.17) is 0 Å². The number of aryl methyl sites for hydroxylation is 1. The van der Waals surface area contributed by atoms with Gasteiger partial charge in [-0.05, 0) is 0 Å². The van der Waals surface area contributed by atoms with Crippen molar-refractivity contribution in [1.29, 1.82) is 0 Å². The summed E-state index contributed by atoms with van der Waals surface area (Å²) in [5.74, 6) is 0. The van der Waals surface area contributed by atoms with Crippen molar-refractivity contribution in [2.24, 2.45) is 0 Å². The molecule has 0 N–H and O–H groups in total. The van der Waals surface area contributed by atoms with Gasteiger partial charge in [-0.25, -0.2) is 0 Å². The van der Waals surface area contributed by atoms with Crippen molar-refractivity contribution < 1.29 is 0 Å². The Balaban J connectivity index is 2.50. The average Bonchev–Trinajstić information content (AvgIpc) is 2.19. The SMILES string of the molecule is CCCc1cc[te]n1. The van der Waals surface area contributed by atoms with Crippen LogP contribution in [0.3, 0.4) is 0 Å². The molecule has 0 radical (unpaired) electrons. The van der Waals surface area contributed by atoms with Crippen molar-refractivity contribution in [1.82, 2.24) is 3.21 Å². The van der Waals surface area contributed by atoms with E-state index in [0.29, 0.717) is 0 Å². The van der Waals surface area contributed by atoms with Gasteiger partial charge in [-0.1, -0.05) is 0 Å². The number of rotatable bonds is 2. The van der Waals surface area contributed by atoms with E-state index < -0.39 is 0 Å². The fraction of sp³-hybridized carbons (Fsp3) is 0.500. The normalized spacial score (nSPS) is 9.62. The van der Waals surface area contributed by atoms with Gasteiger partial charge >= 0.3 is 59.5 Å². The number of nitrogens with zero attached hydrogens (tertiary/aromatic N) is 1. The average molecular weight is 223 g/mol. The Morgan fingerprint density at radius 2 is 2.62 bits per heavy atom. The summed E-state index contributed by atoms with van der Waals surface area (Å²) in [6.07, 6.45) is 2.41. The Bertz CT molecular complexity index is 134. The van der Waals surface area contributed by atoms with Crippen molar-refractivity contribution in [3.8, 4) is 0 Å². The Morgan fingerprint density at radius 3 is 3.12 bits per heavy atom. The monoisotopic (exact) mass is 225 g/mol. The first-order valence-corrected chi connectivity index (χ1v) is 5.21. The van der Waals surface area contributed by atoms with E-state index in [9.17, 15) is 0 Å². The molecule has 0 saturated carbocycles. The van der Waals surface area contributed by atoms with E-state index in [1.54, 1.807) is 0 Å². The second-order valence-corrected chi connectivity index (χ2v) is 3.64. The summed E-state index contributed by atoms with van der Waals surface area (Å²) in [5, 5.41) is 0. The van der Waals surface area contributed by atoms with Crippen molar-refractivity contribution in [3.63, 3.8) is 0 Å². The van der Waals surface area contributed by atoms with Gasteiger partial charge in [0.15, 0.2) is 0 Å². The molecule has 1 rings (SSSR count). The molecule has 1 aromatic rings. The van der Waals surface area contributed by atoms with Crippen molar-refractivity contribution in [2.45, 2.75) is 19.8 Å². The van der Waals surface area contributed by atoms with Gasteiger partial charge in [0.25, 0.3) is 0 Å². The third-order valence-electron chi connectivity index (χ3n) is 0.997. The molecule has 0 aromatic carbocycles. The van der Waals surface area contributed by atoms with E-state index in [0.717, 1.165) is 0 Å². The third-order valence-corrected chi connectivity index (χ3v) is 2.70. The molecule has 0 amide bonds. The van der Waals surface area contributed by atoms with Crippen LogP contribution in [0.25, 0.3) is 0 Å². The van der Waals surface area contributed by atoms with E-state index in [1.165, 1.54) is 18.5 Å². The van der Waals surface area contributed by atoms with Crippen molar-refractivity contribution in [3.05, 3.63) is 15.8 Å². The van der Waals surface area contributed by atoms with Crippen LogP contribution in [0.15, 0.2) is 10.1 Å². The van der Waals surface area contributed by atoms with E-state index >= 15 is 0 Å². The maximum atomic E-state index is 4.36. The molecular formula is C6H9NTe. The molecule has 8 heavy (non-hydrogen) atoms. The first-order valence-electron chi connectivity index (χ1n) is 2.82. The summed E-state index contributed by atoms with van der Waals surface area (Å²) >= 11 is -0.0513. The van der Waals surface area contributed by atoms with Gasteiger partial charge in [0, 0.05) is 0 Å². The molecule has 1 heterocycles. The molecule has 2 heteroatoms. The van der Waals surface area contributed by atoms with Crippen LogP contribution in [-0.2, 0) is 6.42 Å². The molecule has 1 aromatic heterocycles. The van der Waals surface area contributed by atoms with Gasteiger partial charge in [-0.3, -0.25) is 0 Å². The van der Waals surface area contributed by atoms with Crippen LogP contribution in [0.5, 0.6) is 0 Å². The van der Waals surface area contributed by atoms with Crippen LogP contribution in [0, 0.1) is 0 Å². The molecule has 1 nitrogen and oxygen atoms in total. The molecule has 0 fully saturated rings. The van der Waals surface area contributed by atoms with Crippen LogP contribution in [0.2, 0.25) is 0 Å². The summed E-state index contributed by atoms with van der Waals surface area (Å²) in [6.45, 7) is 2.19. The van der Waals surface area contributed by atoms with Crippen LogP contribution >= 0.6 is 0 Å². The first kappa shape index (κ1) is 6.32. The molecule has 44 valence electrons. The van der Waals surface area contributed by atoms with Crippen LogP contribution in [0.4, 0.5) is 0 Å². The van der Waals surface area contributed by atoms with Gasteiger partial charge in [0.2, 0.25) is 0 Å². The Labute approximate surface area is 59.7 Å². The molecule has 0 aliphatic heterocycles. The van der Waals surface area contributed by atoms with Crippen LogP contribution in [0.1, 0.15) is 19.0 Å². The van der Waals surface area contributed by atoms with Crippen molar-refractivity contribution in [2.75, 3.05) is 0 Å². The second-order valence-electron chi connectivity index (χ2n) is 1.74. The van der Waals surface area contributed by atoms with E-state index in [1.807, 2.05) is 0 Å². The molecular weight excluding hydrogens is 214 g/mol. The molecule has 0 spiro atoms. The summed E-state index contributed by atoms with van der Waals surface area (Å²) in [7, 11) is 0. The Kier molecular flexibility index (Phi) is 2.58. The van der Waals surface area contributed by atoms with Gasteiger partial charge in [-0.15, -0.1) is 0 Å². The van der Waals surface area contributed by atoms with E-state index in [2.05, 4.69) is 20.3 Å². The first-order chi connectivity index (χ1) is 3.93. The Hall–Kier alpha value is 0.200. The minimum absolute atomic E-state index is 0.0513. The zero-order valence-corrected chi connectivity index (χ0v) is 7.25. The zero-order chi connectivity index (χ0) is 5.82. The molecule has 0 saturated heterocycles. The quantitative estimate of drug-likeness (QED) is 0.683. The molecule has 0 bridgehead atoms. The predicted molar refractivity (Wildman–Crippen MR) is 35.2 cm³/mol. The third kappa shape index (κ3) is 1.61. The zero-order valence-electron chi connectivity index (χ0n) is 4.92. The number of aromatic nitrogens is 1. The summed E-state index contributed by atoms with van der Waals surface area (Å²) in [5.41, 5.74) is 1.33. The van der Waals surface area contributed by atoms with Gasteiger partial charge in [0.1, 0.15) is 0 Å². The van der Waals surface area contributed by atoms with Gasteiger partial charge < -0.3 is 0 Å². The summed E-state index contributed by atoms with van der Waals surface area (Å²) in [6, 6.07) is 2.17. The topological polar surface area (TPSA) is 12.9 Å². The molecule has 0 unspecified atom stereocenters. The standard InChI is InChI=1S/C6H9NTe/c1-2-3-6-4-5-8-7-6/h4-5H,2-3H2,1H3. The van der Waals surface area contributed by atoms with Gasteiger partial charge in [0.05, 0.1) is 0 Å². The Morgan fingerprint density at radius 1 is 1.75 bits per heavy atom. The molecule has 0 aliphatic carbocycles. The second kappa shape index (κ2) is 3.27. The van der Waals surface area contributed by atoms with Crippen LogP contribution < -0.4 is 0 Å². The summed E-state index contributed by atoms with van der Waals surface area (Å²) in [4.78, 5) is 0. The number of hydrogen-bond donors (Lipinski definition) is 0. The maximum absolute atomic E-state index is 4.36. The van der Waals surface area contributed by atoms with E-state index in [-0.39, 0.29) is 20.7 Å². The minimum atomic E-state index is -0.0513. The fourth-order valence-corrected chi connectivity index (χ4v) is 2.24. The fourth-order valence-electron chi connectivity index (χ4n) is 0.623. The predicted octanol–water partition coefficient (Wildman–Crippen LogP) is 1.09. The molecule has 0 aliphatic rings. The van der Waals surface area contributed by atoms with Crippen molar-refractivity contribution >= 4 is 20.7 Å². The molecule has 0 atom stereocenters. The van der Waals surface area contributed by atoms with Crippen LogP contribution in [-0.4, -0.2) is 23.9 Å².